The molecule has 0 atom stereocenters. The van der Waals surface area contributed by atoms with Gasteiger partial charge in [0, 0.05) is 42.6 Å². The summed E-state index contributed by atoms with van der Waals surface area (Å²) in [5.41, 5.74) is 2.92. The molecule has 2 N–H and O–H groups in total. The number of benzene rings is 2. The van der Waals surface area contributed by atoms with E-state index in [1.54, 1.807) is 23.1 Å². The Kier molecular flexibility index (Phi) is 6.75. The second-order valence-corrected chi connectivity index (χ2v) is 9.40. The molecule has 0 bridgehead atoms. The molecular formula is C27H29N5O5. The molecule has 0 aliphatic carbocycles. The number of aliphatic hydroxyl groups excluding tert-OH is 1. The maximum atomic E-state index is 13.4. The molecule has 0 unspecified atom stereocenters. The molecule has 10 heteroatoms. The topological polar surface area (TPSA) is 131 Å². The Morgan fingerprint density at radius 1 is 1.27 bits per heavy atom. The molecule has 10 nitrogen and oxygen atoms in total. The van der Waals surface area contributed by atoms with Crippen LogP contribution in [0.3, 0.4) is 0 Å². The summed E-state index contributed by atoms with van der Waals surface area (Å²) in [6.45, 7) is 4.85. The van der Waals surface area contributed by atoms with E-state index in [2.05, 4.69) is 20.6 Å². The minimum atomic E-state index is -0.629. The van der Waals surface area contributed by atoms with Crippen molar-refractivity contribution in [1.82, 2.24) is 25.5 Å². The number of tetrazole rings is 1. The molecule has 2 aromatic carbocycles. The third-order valence-corrected chi connectivity index (χ3v) is 6.93. The van der Waals surface area contributed by atoms with Crippen LogP contribution in [0, 0.1) is 6.92 Å². The number of amides is 1. The minimum Gasteiger partial charge on any atom is -0.491 e. The lowest BCUT2D eigenvalue weighted by molar-refractivity contribution is -0.00571. The van der Waals surface area contributed by atoms with Gasteiger partial charge >= 0.3 is 0 Å². The van der Waals surface area contributed by atoms with Crippen LogP contribution >= 0.6 is 0 Å². The third kappa shape index (κ3) is 4.84. The Hall–Kier alpha value is -4.05. The predicted molar refractivity (Wildman–Crippen MR) is 136 cm³/mol. The lowest BCUT2D eigenvalue weighted by Gasteiger charge is -2.44. The zero-order chi connectivity index (χ0) is 26.0. The van der Waals surface area contributed by atoms with Crippen LogP contribution in [0.15, 0.2) is 36.4 Å². The zero-order valence-electron chi connectivity index (χ0n) is 20.9. The van der Waals surface area contributed by atoms with E-state index in [0.717, 1.165) is 11.1 Å². The van der Waals surface area contributed by atoms with Crippen molar-refractivity contribution in [2.45, 2.75) is 38.7 Å². The summed E-state index contributed by atoms with van der Waals surface area (Å²) in [5.74, 6) is 1.45. The lowest BCUT2D eigenvalue weighted by atomic mass is 9.82. The number of nitrogens with one attached hydrogen (secondary N) is 1. The lowest BCUT2D eigenvalue weighted by Crippen LogP contribution is -2.52. The number of fused-ring (bicyclic) bond motifs is 1. The number of allylic oxidation sites excluding steroid dienone is 1. The van der Waals surface area contributed by atoms with Crippen molar-refractivity contribution < 1.29 is 24.2 Å². The van der Waals surface area contributed by atoms with Gasteiger partial charge in [-0.05, 0) is 55.0 Å². The number of nitrogens with zero attached hydrogens (tertiary/aromatic N) is 4. The summed E-state index contributed by atoms with van der Waals surface area (Å²) >= 11 is 0. The summed E-state index contributed by atoms with van der Waals surface area (Å²) in [5, 5.41) is 23.1. The molecule has 1 amide bonds. The second kappa shape index (κ2) is 10.1. The summed E-state index contributed by atoms with van der Waals surface area (Å²) < 4.78 is 12.1. The molecule has 1 saturated heterocycles. The predicted octanol–water partition coefficient (Wildman–Crippen LogP) is 3.22. The van der Waals surface area contributed by atoms with Crippen LogP contribution in [-0.2, 0) is 0 Å². The average Bonchev–Trinajstić information content (AvgIpc) is 3.44. The van der Waals surface area contributed by atoms with Crippen molar-refractivity contribution in [2.24, 2.45) is 0 Å². The highest BCUT2D eigenvalue weighted by molar-refractivity contribution is 6.01. The van der Waals surface area contributed by atoms with E-state index in [0.29, 0.717) is 59.9 Å². The molecule has 3 heterocycles. The Labute approximate surface area is 214 Å². The first-order chi connectivity index (χ1) is 17.9. The second-order valence-electron chi connectivity index (χ2n) is 9.40. The molecule has 2 aliphatic heterocycles. The van der Waals surface area contributed by atoms with E-state index in [-0.39, 0.29) is 31.3 Å². The molecule has 0 saturated carbocycles. The molecule has 37 heavy (non-hydrogen) atoms. The van der Waals surface area contributed by atoms with E-state index in [1.165, 1.54) is 0 Å². The van der Waals surface area contributed by atoms with Gasteiger partial charge in [-0.1, -0.05) is 12.2 Å². The fourth-order valence-corrected chi connectivity index (χ4v) is 5.04. The van der Waals surface area contributed by atoms with E-state index in [9.17, 15) is 14.7 Å². The number of ketones is 1. The minimum absolute atomic E-state index is 0.00670. The van der Waals surface area contributed by atoms with E-state index in [4.69, 9.17) is 9.47 Å². The molecule has 1 aromatic heterocycles. The van der Waals surface area contributed by atoms with Crippen molar-refractivity contribution in [2.75, 3.05) is 26.3 Å². The first kappa shape index (κ1) is 24.6. The number of piperidine rings is 1. The van der Waals surface area contributed by atoms with Gasteiger partial charge in [-0.25, -0.2) is 0 Å². The maximum Gasteiger partial charge on any atom is 0.254 e. The molecular weight excluding hydrogens is 474 g/mol. The molecule has 3 aromatic rings. The van der Waals surface area contributed by atoms with Gasteiger partial charge in [0.1, 0.15) is 23.7 Å². The number of carbonyl (C=O) groups is 2. The van der Waals surface area contributed by atoms with Crippen LogP contribution in [0.2, 0.25) is 0 Å². The molecule has 1 fully saturated rings. The van der Waals surface area contributed by atoms with Gasteiger partial charge < -0.3 is 19.5 Å². The number of hydrogen-bond acceptors (Lipinski definition) is 8. The fourth-order valence-electron chi connectivity index (χ4n) is 5.04. The van der Waals surface area contributed by atoms with Crippen LogP contribution in [0.5, 0.6) is 11.5 Å². The number of hydrogen-bond donors (Lipinski definition) is 2. The highest BCUT2D eigenvalue weighted by Crippen LogP contribution is 2.41. The van der Waals surface area contributed by atoms with Crippen molar-refractivity contribution in [3.63, 3.8) is 0 Å². The Morgan fingerprint density at radius 3 is 2.78 bits per heavy atom. The molecule has 2 aliphatic rings. The standard InChI is InChI=1S/C27H29N5O5/c1-3-4-20-17(2)13-19(15-24(20)36-12-11-33)26(35)32-9-7-27(8-10-32)16-22(34)21-14-18(5-6-23(21)37-27)25-28-30-31-29-25/h3-6,13-15,33H,7-12,16H2,1-2H3,(H,28,29,30,31)/b4-3-. The average molecular weight is 504 g/mol. The largest absolute Gasteiger partial charge is 0.491 e. The highest BCUT2D eigenvalue weighted by Gasteiger charge is 2.44. The number of carbonyl (C=O) groups excluding carboxylic acids is 2. The van der Waals surface area contributed by atoms with E-state index >= 15 is 0 Å². The number of H-pyrrole nitrogens is 1. The van der Waals surface area contributed by atoms with Gasteiger partial charge in [-0.3, -0.25) is 9.59 Å². The molecule has 0 radical (unpaired) electrons. The third-order valence-electron chi connectivity index (χ3n) is 6.93. The Morgan fingerprint density at radius 2 is 2.08 bits per heavy atom. The van der Waals surface area contributed by atoms with Gasteiger partial charge in [-0.2, -0.15) is 5.21 Å². The first-order valence-corrected chi connectivity index (χ1v) is 12.3. The van der Waals surface area contributed by atoms with Crippen LogP contribution in [0.1, 0.15) is 58.0 Å². The molecule has 192 valence electrons. The van der Waals surface area contributed by atoms with Crippen molar-refractivity contribution in [3.05, 3.63) is 58.7 Å². The van der Waals surface area contributed by atoms with Crippen LogP contribution in [0.4, 0.5) is 0 Å². The van der Waals surface area contributed by atoms with E-state index < -0.39 is 5.60 Å². The summed E-state index contributed by atoms with van der Waals surface area (Å²) in [4.78, 5) is 28.3. The smallest absolute Gasteiger partial charge is 0.254 e. The van der Waals surface area contributed by atoms with Crippen molar-refractivity contribution in [1.29, 1.82) is 0 Å². The number of ether oxygens (including phenoxy) is 2. The number of aromatic nitrogens is 4. The normalized spacial score (nSPS) is 16.6. The quantitative estimate of drug-likeness (QED) is 0.524. The number of aliphatic hydroxyl groups is 1. The van der Waals surface area contributed by atoms with Gasteiger partial charge in [0.25, 0.3) is 5.91 Å². The van der Waals surface area contributed by atoms with E-state index in [1.807, 2.05) is 38.1 Å². The Bertz CT molecular complexity index is 1340. The number of aromatic amines is 1. The van der Waals surface area contributed by atoms with Gasteiger partial charge in [0.2, 0.25) is 5.82 Å². The summed E-state index contributed by atoms with van der Waals surface area (Å²) in [6, 6.07) is 8.93. The number of aryl methyl sites for hydroxylation is 1. The monoisotopic (exact) mass is 503 g/mol. The first-order valence-electron chi connectivity index (χ1n) is 12.3. The fraction of sp³-hybridized carbons (Fsp3) is 0.370. The number of rotatable bonds is 6. The molecule has 5 rings (SSSR count). The van der Waals surface area contributed by atoms with Crippen molar-refractivity contribution >= 4 is 17.8 Å². The number of Topliss-reactive ketones (excluding diaryl/α,β-unsaturated/α-hetero) is 1. The zero-order valence-corrected chi connectivity index (χ0v) is 20.9. The van der Waals surface area contributed by atoms with Gasteiger partial charge in [-0.15, -0.1) is 10.2 Å². The highest BCUT2D eigenvalue weighted by atomic mass is 16.5. The van der Waals surface area contributed by atoms with Crippen molar-refractivity contribution in [3.8, 4) is 22.9 Å². The SMILES string of the molecule is C/C=C\c1c(C)cc(C(=O)N2CCC3(CC2)CC(=O)c2cc(-c4nn[nH]n4)ccc2O3)cc1OCCO. The number of likely N-dealkylation sites (tertiary alicyclic amines) is 1. The van der Waals surface area contributed by atoms with Crippen LogP contribution in [0.25, 0.3) is 17.5 Å². The summed E-state index contributed by atoms with van der Waals surface area (Å²) in [6.07, 6.45) is 5.21. The Balaban J connectivity index is 1.31. The maximum absolute atomic E-state index is 13.4. The van der Waals surface area contributed by atoms with Gasteiger partial charge in [0.05, 0.1) is 18.6 Å². The summed E-state index contributed by atoms with van der Waals surface area (Å²) in [7, 11) is 0. The van der Waals surface area contributed by atoms with Gasteiger partial charge in [0.15, 0.2) is 5.78 Å². The van der Waals surface area contributed by atoms with Crippen LogP contribution in [-0.4, -0.2) is 74.2 Å². The molecule has 1 spiro atoms. The van der Waals surface area contributed by atoms with Crippen LogP contribution < -0.4 is 9.47 Å².